The van der Waals surface area contributed by atoms with Gasteiger partial charge in [0.1, 0.15) is 0 Å². The molecule has 0 saturated carbocycles. The fourth-order valence-electron chi connectivity index (χ4n) is 1.37. The first-order chi connectivity index (χ1) is 7.72. The van der Waals surface area contributed by atoms with E-state index in [2.05, 4.69) is 19.2 Å². The Morgan fingerprint density at radius 1 is 1.62 bits per heavy atom. The van der Waals surface area contributed by atoms with E-state index >= 15 is 0 Å². The zero-order chi connectivity index (χ0) is 11.8. The highest BCUT2D eigenvalue weighted by Crippen LogP contribution is 2.09. The molecule has 0 aliphatic carbocycles. The van der Waals surface area contributed by atoms with Crippen LogP contribution in [0.15, 0.2) is 17.5 Å². The standard InChI is InChI=1S/C12H19NOS2/c1-3-15-8-6-10(2)13-12(14)9-11-5-4-7-16-11/h4-5,7,10H,3,6,8-9H2,1-2H3,(H,13,14). The van der Waals surface area contributed by atoms with E-state index in [1.807, 2.05) is 29.3 Å². The monoisotopic (exact) mass is 257 g/mol. The lowest BCUT2D eigenvalue weighted by atomic mass is 10.2. The van der Waals surface area contributed by atoms with Crippen molar-refractivity contribution < 1.29 is 4.79 Å². The quantitative estimate of drug-likeness (QED) is 0.761. The molecule has 0 saturated heterocycles. The summed E-state index contributed by atoms with van der Waals surface area (Å²) < 4.78 is 0. The Bertz CT molecular complexity index is 298. The highest BCUT2D eigenvalue weighted by molar-refractivity contribution is 7.99. The summed E-state index contributed by atoms with van der Waals surface area (Å²) >= 11 is 3.55. The van der Waals surface area contributed by atoms with E-state index in [1.54, 1.807) is 11.3 Å². The molecule has 0 spiro atoms. The van der Waals surface area contributed by atoms with Gasteiger partial charge in [-0.25, -0.2) is 0 Å². The van der Waals surface area contributed by atoms with Gasteiger partial charge in [-0.05, 0) is 36.3 Å². The first-order valence-corrected chi connectivity index (χ1v) is 7.65. The maximum Gasteiger partial charge on any atom is 0.225 e. The van der Waals surface area contributed by atoms with Crippen LogP contribution in [0.4, 0.5) is 0 Å². The molecule has 0 aliphatic heterocycles. The van der Waals surface area contributed by atoms with Gasteiger partial charge in [-0.3, -0.25) is 4.79 Å². The normalized spacial score (nSPS) is 12.4. The van der Waals surface area contributed by atoms with Crippen molar-refractivity contribution in [1.29, 1.82) is 0 Å². The fraction of sp³-hybridized carbons (Fsp3) is 0.583. The van der Waals surface area contributed by atoms with Crippen LogP contribution in [0.2, 0.25) is 0 Å². The smallest absolute Gasteiger partial charge is 0.225 e. The van der Waals surface area contributed by atoms with Crippen LogP contribution in [-0.2, 0) is 11.2 Å². The maximum atomic E-state index is 11.6. The van der Waals surface area contributed by atoms with Crippen LogP contribution in [0.3, 0.4) is 0 Å². The Balaban J connectivity index is 2.18. The van der Waals surface area contributed by atoms with E-state index in [0.29, 0.717) is 6.42 Å². The minimum Gasteiger partial charge on any atom is -0.353 e. The van der Waals surface area contributed by atoms with Crippen molar-refractivity contribution in [3.05, 3.63) is 22.4 Å². The molecule has 1 aromatic heterocycles. The number of nitrogens with one attached hydrogen (secondary N) is 1. The second-order valence-electron chi connectivity index (χ2n) is 3.71. The molecule has 0 fully saturated rings. The largest absolute Gasteiger partial charge is 0.353 e. The molecule has 1 unspecified atom stereocenters. The molecule has 1 N–H and O–H groups in total. The van der Waals surface area contributed by atoms with Gasteiger partial charge in [-0.15, -0.1) is 11.3 Å². The number of thioether (sulfide) groups is 1. The van der Waals surface area contributed by atoms with Gasteiger partial charge in [0.2, 0.25) is 5.91 Å². The highest BCUT2D eigenvalue weighted by Gasteiger charge is 2.08. The average Bonchev–Trinajstić information content (AvgIpc) is 2.70. The highest BCUT2D eigenvalue weighted by atomic mass is 32.2. The molecule has 0 aromatic carbocycles. The van der Waals surface area contributed by atoms with Crippen molar-refractivity contribution in [2.75, 3.05) is 11.5 Å². The summed E-state index contributed by atoms with van der Waals surface area (Å²) in [4.78, 5) is 12.8. The molecule has 4 heteroatoms. The molecule has 0 radical (unpaired) electrons. The first kappa shape index (κ1) is 13.6. The molecule has 1 atom stereocenters. The molecule has 1 aromatic rings. The van der Waals surface area contributed by atoms with Gasteiger partial charge in [0.15, 0.2) is 0 Å². The Morgan fingerprint density at radius 3 is 3.06 bits per heavy atom. The van der Waals surface area contributed by atoms with Gasteiger partial charge in [0.05, 0.1) is 6.42 Å². The molecule has 2 nitrogen and oxygen atoms in total. The van der Waals surface area contributed by atoms with Gasteiger partial charge in [0, 0.05) is 10.9 Å². The van der Waals surface area contributed by atoms with E-state index in [4.69, 9.17) is 0 Å². The van der Waals surface area contributed by atoms with Gasteiger partial charge >= 0.3 is 0 Å². The molecule has 1 amide bonds. The second kappa shape index (κ2) is 7.74. The fourth-order valence-corrected chi connectivity index (χ4v) is 2.89. The van der Waals surface area contributed by atoms with Crippen molar-refractivity contribution in [2.45, 2.75) is 32.7 Å². The number of hydrogen-bond acceptors (Lipinski definition) is 3. The van der Waals surface area contributed by atoms with Crippen molar-refractivity contribution in [3.8, 4) is 0 Å². The molecule has 1 heterocycles. The topological polar surface area (TPSA) is 29.1 Å². The van der Waals surface area contributed by atoms with Crippen LogP contribution < -0.4 is 5.32 Å². The summed E-state index contributed by atoms with van der Waals surface area (Å²) in [5.41, 5.74) is 0. The van der Waals surface area contributed by atoms with E-state index in [-0.39, 0.29) is 11.9 Å². The third kappa shape index (κ3) is 5.56. The van der Waals surface area contributed by atoms with E-state index in [9.17, 15) is 4.79 Å². The Hall–Kier alpha value is -0.480. The van der Waals surface area contributed by atoms with E-state index in [1.165, 1.54) is 0 Å². The SMILES string of the molecule is CCSCCC(C)NC(=O)Cc1cccs1. The third-order valence-corrected chi connectivity index (χ3v) is 4.03. The predicted octanol–water partition coefficient (Wildman–Crippen LogP) is 2.94. The molecule has 1 rings (SSSR count). The maximum absolute atomic E-state index is 11.6. The lowest BCUT2D eigenvalue weighted by Gasteiger charge is -2.12. The predicted molar refractivity (Wildman–Crippen MR) is 73.2 cm³/mol. The molecular formula is C12H19NOS2. The summed E-state index contributed by atoms with van der Waals surface area (Å²) in [7, 11) is 0. The third-order valence-electron chi connectivity index (χ3n) is 2.22. The number of amides is 1. The van der Waals surface area contributed by atoms with Gasteiger partial charge in [0.25, 0.3) is 0 Å². The second-order valence-corrected chi connectivity index (χ2v) is 6.14. The number of hydrogen-bond donors (Lipinski definition) is 1. The minimum atomic E-state index is 0.136. The molecule has 0 aliphatic rings. The zero-order valence-electron chi connectivity index (χ0n) is 9.86. The van der Waals surface area contributed by atoms with Crippen LogP contribution in [0.5, 0.6) is 0 Å². The van der Waals surface area contributed by atoms with Gasteiger partial charge < -0.3 is 5.32 Å². The summed E-state index contributed by atoms with van der Waals surface area (Å²) in [6.07, 6.45) is 1.57. The van der Waals surface area contributed by atoms with Crippen LogP contribution in [0.1, 0.15) is 25.1 Å². The first-order valence-electron chi connectivity index (χ1n) is 5.62. The summed E-state index contributed by atoms with van der Waals surface area (Å²) in [6.45, 7) is 4.23. The van der Waals surface area contributed by atoms with Crippen LogP contribution in [0, 0.1) is 0 Å². The van der Waals surface area contributed by atoms with Crippen molar-refractivity contribution in [2.24, 2.45) is 0 Å². The van der Waals surface area contributed by atoms with Crippen molar-refractivity contribution >= 4 is 29.0 Å². The van der Waals surface area contributed by atoms with Gasteiger partial charge in [-0.2, -0.15) is 11.8 Å². The minimum absolute atomic E-state index is 0.136. The summed E-state index contributed by atoms with van der Waals surface area (Å²) in [5.74, 6) is 2.41. The molecule has 0 bridgehead atoms. The number of carbonyl (C=O) groups is 1. The lowest BCUT2D eigenvalue weighted by molar-refractivity contribution is -0.121. The van der Waals surface area contributed by atoms with Crippen LogP contribution >= 0.6 is 23.1 Å². The average molecular weight is 257 g/mol. The lowest BCUT2D eigenvalue weighted by Crippen LogP contribution is -2.33. The Kier molecular flexibility index (Phi) is 6.57. The van der Waals surface area contributed by atoms with Gasteiger partial charge in [-0.1, -0.05) is 13.0 Å². The summed E-state index contributed by atoms with van der Waals surface area (Å²) in [5, 5.41) is 5.04. The Morgan fingerprint density at radius 2 is 2.44 bits per heavy atom. The zero-order valence-corrected chi connectivity index (χ0v) is 11.5. The molecular weight excluding hydrogens is 238 g/mol. The number of thiophene rings is 1. The van der Waals surface area contributed by atoms with Crippen LogP contribution in [-0.4, -0.2) is 23.5 Å². The summed E-state index contributed by atoms with van der Waals surface area (Å²) in [6, 6.07) is 4.27. The van der Waals surface area contributed by atoms with Crippen molar-refractivity contribution in [1.82, 2.24) is 5.32 Å². The molecule has 90 valence electrons. The number of carbonyl (C=O) groups excluding carboxylic acids is 1. The van der Waals surface area contributed by atoms with Crippen LogP contribution in [0.25, 0.3) is 0 Å². The van der Waals surface area contributed by atoms with E-state index < -0.39 is 0 Å². The number of rotatable bonds is 7. The molecule has 16 heavy (non-hydrogen) atoms. The van der Waals surface area contributed by atoms with Crippen molar-refractivity contribution in [3.63, 3.8) is 0 Å². The van der Waals surface area contributed by atoms with E-state index in [0.717, 1.165) is 22.8 Å². The Labute approximate surface area is 106 Å².